The first-order valence-electron chi connectivity index (χ1n) is 16.0. The van der Waals surface area contributed by atoms with Crippen molar-refractivity contribution in [3.05, 3.63) is 158 Å². The fourth-order valence-corrected chi connectivity index (χ4v) is 7.02. The van der Waals surface area contributed by atoms with Crippen LogP contribution in [0.2, 0.25) is 0 Å². The van der Waals surface area contributed by atoms with Gasteiger partial charge in [0.25, 0.3) is 0 Å². The highest BCUT2D eigenvalue weighted by molar-refractivity contribution is 6.19. The lowest BCUT2D eigenvalue weighted by atomic mass is 10.0. The number of nitrogens with zero attached hydrogens (tertiary/aromatic N) is 4. The third-order valence-electron chi connectivity index (χ3n) is 9.23. The van der Waals surface area contributed by atoms with Gasteiger partial charge in [0.2, 0.25) is 0 Å². The van der Waals surface area contributed by atoms with E-state index >= 15 is 0 Å². The molecule has 0 atom stereocenters. The SMILES string of the molecule is c1ccc(-c2nc(-c3ccccc3)nc(-c3ccc4c(-n5c6ccccc6c6ccccc65)cc5c6ccccc6oc5c4c3)n2)cc1. The van der Waals surface area contributed by atoms with Crippen LogP contribution in [0.1, 0.15) is 0 Å². The molecule has 7 aromatic carbocycles. The van der Waals surface area contributed by atoms with Crippen LogP contribution >= 0.6 is 0 Å². The van der Waals surface area contributed by atoms with Crippen molar-refractivity contribution < 1.29 is 4.42 Å². The number of fused-ring (bicyclic) bond motifs is 8. The molecule has 0 N–H and O–H groups in total. The molecule has 10 rings (SSSR count). The summed E-state index contributed by atoms with van der Waals surface area (Å²) in [5, 5.41) is 6.68. The third kappa shape index (κ3) is 4.08. The Labute approximate surface area is 275 Å². The Morgan fingerprint density at radius 2 is 0.875 bits per heavy atom. The fraction of sp³-hybridized carbons (Fsp3) is 0. The first-order valence-corrected chi connectivity index (χ1v) is 16.0. The lowest BCUT2D eigenvalue weighted by Crippen LogP contribution is -2.00. The van der Waals surface area contributed by atoms with Crippen LogP contribution in [0.5, 0.6) is 0 Å². The molecule has 3 heterocycles. The Morgan fingerprint density at radius 1 is 0.375 bits per heavy atom. The van der Waals surface area contributed by atoms with Crippen molar-refractivity contribution in [2.45, 2.75) is 0 Å². The van der Waals surface area contributed by atoms with Crippen molar-refractivity contribution in [1.29, 1.82) is 0 Å². The van der Waals surface area contributed by atoms with Crippen LogP contribution in [-0.4, -0.2) is 19.5 Å². The normalized spacial score (nSPS) is 11.8. The van der Waals surface area contributed by atoms with Crippen LogP contribution in [0, 0.1) is 0 Å². The minimum absolute atomic E-state index is 0.608. The zero-order valence-electron chi connectivity index (χ0n) is 25.7. The van der Waals surface area contributed by atoms with Gasteiger partial charge in [-0.3, -0.25) is 0 Å². The summed E-state index contributed by atoms with van der Waals surface area (Å²) in [7, 11) is 0. The Bertz CT molecular complexity index is 2720. The lowest BCUT2D eigenvalue weighted by molar-refractivity contribution is 0.672. The second-order valence-electron chi connectivity index (χ2n) is 12.0. The van der Waals surface area contributed by atoms with Gasteiger partial charge in [0.05, 0.1) is 16.7 Å². The molecule has 3 aromatic heterocycles. The summed E-state index contributed by atoms with van der Waals surface area (Å²) in [5.74, 6) is 1.87. The summed E-state index contributed by atoms with van der Waals surface area (Å²) in [4.78, 5) is 15.0. The number of hydrogen-bond acceptors (Lipinski definition) is 4. The van der Waals surface area contributed by atoms with Gasteiger partial charge in [0, 0.05) is 49.0 Å². The summed E-state index contributed by atoms with van der Waals surface area (Å²) < 4.78 is 9.01. The lowest BCUT2D eigenvalue weighted by Gasteiger charge is -2.14. The van der Waals surface area contributed by atoms with Crippen LogP contribution in [-0.2, 0) is 0 Å². The van der Waals surface area contributed by atoms with Crippen molar-refractivity contribution in [2.75, 3.05) is 0 Å². The van der Waals surface area contributed by atoms with Gasteiger partial charge in [0.15, 0.2) is 17.5 Å². The van der Waals surface area contributed by atoms with Gasteiger partial charge in [-0.2, -0.15) is 0 Å². The van der Waals surface area contributed by atoms with E-state index in [9.17, 15) is 0 Å². The smallest absolute Gasteiger partial charge is 0.164 e. The molecule has 224 valence electrons. The molecule has 0 aliphatic rings. The van der Waals surface area contributed by atoms with Gasteiger partial charge < -0.3 is 8.98 Å². The van der Waals surface area contributed by atoms with Crippen molar-refractivity contribution >= 4 is 54.5 Å². The molecule has 0 radical (unpaired) electrons. The maximum atomic E-state index is 6.63. The van der Waals surface area contributed by atoms with Gasteiger partial charge in [-0.05, 0) is 30.3 Å². The van der Waals surface area contributed by atoms with E-state index in [0.717, 1.165) is 66.1 Å². The quantitative estimate of drug-likeness (QED) is 0.198. The van der Waals surface area contributed by atoms with Crippen molar-refractivity contribution in [2.24, 2.45) is 0 Å². The molecule has 5 nitrogen and oxygen atoms in total. The number of aromatic nitrogens is 4. The highest BCUT2D eigenvalue weighted by atomic mass is 16.3. The topological polar surface area (TPSA) is 56.7 Å². The van der Waals surface area contributed by atoms with E-state index in [2.05, 4.69) is 89.5 Å². The average Bonchev–Trinajstić information content (AvgIpc) is 3.71. The van der Waals surface area contributed by atoms with Crippen molar-refractivity contribution in [1.82, 2.24) is 19.5 Å². The average molecular weight is 615 g/mol. The van der Waals surface area contributed by atoms with Crippen LogP contribution in [0.25, 0.3) is 94.4 Å². The van der Waals surface area contributed by atoms with Crippen LogP contribution < -0.4 is 0 Å². The van der Waals surface area contributed by atoms with Crippen molar-refractivity contribution in [3.63, 3.8) is 0 Å². The number of furan rings is 1. The first kappa shape index (κ1) is 26.6. The predicted octanol–water partition coefficient (Wildman–Crippen LogP) is 11.0. The third-order valence-corrected chi connectivity index (χ3v) is 9.23. The highest BCUT2D eigenvalue weighted by Gasteiger charge is 2.20. The standard InChI is InChI=1S/C43H26N4O/c1-3-13-27(14-4-1)41-44-42(28-15-5-2-6-16-28)46-43(45-41)29-23-24-32-34(25-29)40-35(33-19-9-12-22-39(33)48-40)26-38(32)47-36-20-10-7-17-30(36)31-18-8-11-21-37(31)47/h1-26H. The molecule has 0 aliphatic carbocycles. The molecule has 48 heavy (non-hydrogen) atoms. The molecule has 0 bridgehead atoms. The minimum Gasteiger partial charge on any atom is -0.455 e. The molecule has 0 fully saturated rings. The van der Waals surface area contributed by atoms with Gasteiger partial charge in [-0.25, -0.2) is 15.0 Å². The van der Waals surface area contributed by atoms with E-state index in [4.69, 9.17) is 19.4 Å². The van der Waals surface area contributed by atoms with Gasteiger partial charge in [-0.1, -0.05) is 127 Å². The first-order chi connectivity index (χ1) is 23.8. The Hall–Kier alpha value is -6.59. The zero-order valence-corrected chi connectivity index (χ0v) is 25.7. The molecule has 0 unspecified atom stereocenters. The summed E-state index contributed by atoms with van der Waals surface area (Å²) >= 11 is 0. The zero-order chi connectivity index (χ0) is 31.6. The summed E-state index contributed by atoms with van der Waals surface area (Å²) in [5.41, 5.74) is 7.89. The highest BCUT2D eigenvalue weighted by Crippen LogP contribution is 2.41. The van der Waals surface area contributed by atoms with E-state index in [1.807, 2.05) is 72.8 Å². The number of hydrogen-bond donors (Lipinski definition) is 0. The van der Waals surface area contributed by atoms with Gasteiger partial charge >= 0.3 is 0 Å². The maximum absolute atomic E-state index is 6.63. The number of benzene rings is 7. The van der Waals surface area contributed by atoms with E-state index in [1.54, 1.807) is 0 Å². The van der Waals surface area contributed by atoms with Gasteiger partial charge in [0.1, 0.15) is 11.2 Å². The Balaban J connectivity index is 1.29. The number of para-hydroxylation sites is 3. The van der Waals surface area contributed by atoms with E-state index in [-0.39, 0.29) is 0 Å². The van der Waals surface area contributed by atoms with Crippen LogP contribution in [0.3, 0.4) is 0 Å². The van der Waals surface area contributed by atoms with E-state index in [1.165, 1.54) is 10.8 Å². The van der Waals surface area contributed by atoms with Crippen molar-refractivity contribution in [3.8, 4) is 39.9 Å². The van der Waals surface area contributed by atoms with E-state index < -0.39 is 0 Å². The molecule has 0 amide bonds. The monoisotopic (exact) mass is 614 g/mol. The maximum Gasteiger partial charge on any atom is 0.164 e. The molecular weight excluding hydrogens is 589 g/mol. The second-order valence-corrected chi connectivity index (χ2v) is 12.0. The molecule has 0 saturated heterocycles. The summed E-state index contributed by atoms with van der Waals surface area (Å²) in [6, 6.07) is 54.4. The van der Waals surface area contributed by atoms with Gasteiger partial charge in [-0.15, -0.1) is 0 Å². The molecule has 10 aromatic rings. The molecule has 0 aliphatic heterocycles. The van der Waals surface area contributed by atoms with Crippen LogP contribution in [0.15, 0.2) is 162 Å². The second kappa shape index (κ2) is 10.5. The Morgan fingerprint density at radius 3 is 1.50 bits per heavy atom. The predicted molar refractivity (Wildman–Crippen MR) is 195 cm³/mol. The summed E-state index contributed by atoms with van der Waals surface area (Å²) in [6.45, 7) is 0. The van der Waals surface area contributed by atoms with Crippen LogP contribution in [0.4, 0.5) is 0 Å². The largest absolute Gasteiger partial charge is 0.455 e. The molecular formula is C43H26N4O. The number of rotatable bonds is 4. The molecule has 5 heteroatoms. The molecule has 0 spiro atoms. The van der Waals surface area contributed by atoms with E-state index in [0.29, 0.717) is 17.5 Å². The minimum atomic E-state index is 0.608. The summed E-state index contributed by atoms with van der Waals surface area (Å²) in [6.07, 6.45) is 0. The Kier molecular flexibility index (Phi) is 5.81. The fourth-order valence-electron chi connectivity index (χ4n) is 7.02. The molecule has 0 saturated carbocycles.